The minimum absolute atomic E-state index is 0.0862. The number of anilines is 3. The molecule has 3 nitrogen and oxygen atoms in total. The maximum absolute atomic E-state index is 6.69. The Labute approximate surface area is 342 Å². The highest BCUT2D eigenvalue weighted by Crippen LogP contribution is 2.51. The van der Waals surface area contributed by atoms with Crippen LogP contribution in [0.1, 0.15) is 25.0 Å². The van der Waals surface area contributed by atoms with E-state index in [2.05, 4.69) is 195 Å². The molecule has 0 radical (unpaired) electrons. The third kappa shape index (κ3) is 5.18. The van der Waals surface area contributed by atoms with Crippen LogP contribution in [0.4, 0.5) is 17.1 Å². The van der Waals surface area contributed by atoms with Gasteiger partial charge in [0, 0.05) is 38.5 Å². The summed E-state index contributed by atoms with van der Waals surface area (Å²) in [7, 11) is 0. The molecule has 10 aromatic carbocycles. The fraction of sp³-hybridized carbons (Fsp3) is 0.0536. The topological polar surface area (TPSA) is 29.3 Å². The molecule has 11 aromatic rings. The molecule has 0 N–H and O–H groups in total. The van der Waals surface area contributed by atoms with Crippen molar-refractivity contribution in [2.75, 3.05) is 4.90 Å². The lowest BCUT2D eigenvalue weighted by atomic mass is 9.82. The average molecular weight is 755 g/mol. The van der Waals surface area contributed by atoms with Crippen LogP contribution < -0.4 is 4.90 Å². The molecule has 0 atom stereocenters. The third-order valence-electron chi connectivity index (χ3n) is 12.6. The third-order valence-corrected chi connectivity index (χ3v) is 12.6. The van der Waals surface area contributed by atoms with E-state index in [0.717, 1.165) is 60.7 Å². The molecule has 0 fully saturated rings. The molecule has 1 aliphatic rings. The molecule has 0 unspecified atom stereocenters. The fourth-order valence-corrected chi connectivity index (χ4v) is 9.73. The van der Waals surface area contributed by atoms with Crippen LogP contribution in [-0.2, 0) is 5.41 Å². The number of hydrogen-bond donors (Lipinski definition) is 0. The summed E-state index contributed by atoms with van der Waals surface area (Å²) in [4.78, 5) is 7.43. The summed E-state index contributed by atoms with van der Waals surface area (Å²) < 4.78 is 6.69. The second-order valence-corrected chi connectivity index (χ2v) is 16.3. The lowest BCUT2D eigenvalue weighted by Crippen LogP contribution is -2.15. The highest BCUT2D eigenvalue weighted by molar-refractivity contribution is 6.27. The fourth-order valence-electron chi connectivity index (χ4n) is 9.73. The van der Waals surface area contributed by atoms with Gasteiger partial charge in [0.1, 0.15) is 5.52 Å². The van der Waals surface area contributed by atoms with E-state index in [9.17, 15) is 0 Å². The normalized spacial score (nSPS) is 13.1. The number of benzene rings is 10. The largest absolute Gasteiger partial charge is 0.435 e. The van der Waals surface area contributed by atoms with E-state index in [1.807, 2.05) is 18.2 Å². The molecule has 0 amide bonds. The Hall–Kier alpha value is -7.49. The zero-order chi connectivity index (χ0) is 39.2. The van der Waals surface area contributed by atoms with E-state index in [1.165, 1.54) is 49.5 Å². The molecule has 1 aliphatic carbocycles. The SMILES string of the molecule is CC1(C)c2ccccc2-c2cc(N(c3cccc(-c4ccc5ccccc5c4)c3)c3cccc4c3ccc3ccc5ccc6nc(-c7ccccc7)oc6c5c34)ccc21. The summed E-state index contributed by atoms with van der Waals surface area (Å²) in [6, 6.07) is 70.4. The number of hydrogen-bond acceptors (Lipinski definition) is 3. The zero-order valence-electron chi connectivity index (χ0n) is 32.8. The van der Waals surface area contributed by atoms with Crippen molar-refractivity contribution in [2.24, 2.45) is 0 Å². The van der Waals surface area contributed by atoms with Gasteiger partial charge >= 0.3 is 0 Å². The van der Waals surface area contributed by atoms with Crippen molar-refractivity contribution < 1.29 is 4.42 Å². The van der Waals surface area contributed by atoms with Gasteiger partial charge in [0.2, 0.25) is 5.89 Å². The molecular weight excluding hydrogens is 717 g/mol. The molecule has 1 heterocycles. The van der Waals surface area contributed by atoms with Gasteiger partial charge < -0.3 is 9.32 Å². The molecule has 0 bridgehead atoms. The smallest absolute Gasteiger partial charge is 0.227 e. The van der Waals surface area contributed by atoms with E-state index < -0.39 is 0 Å². The van der Waals surface area contributed by atoms with Crippen LogP contribution in [0.3, 0.4) is 0 Å². The van der Waals surface area contributed by atoms with Crippen LogP contribution in [0.15, 0.2) is 199 Å². The van der Waals surface area contributed by atoms with Crippen LogP contribution in [-0.4, -0.2) is 4.98 Å². The molecule has 0 saturated heterocycles. The first-order chi connectivity index (χ1) is 29.0. The van der Waals surface area contributed by atoms with Crippen LogP contribution in [0.2, 0.25) is 0 Å². The molecule has 12 rings (SSSR count). The van der Waals surface area contributed by atoms with Crippen LogP contribution in [0.5, 0.6) is 0 Å². The summed E-state index contributed by atoms with van der Waals surface area (Å²) in [5.74, 6) is 0.630. The highest BCUT2D eigenvalue weighted by Gasteiger charge is 2.35. The van der Waals surface area contributed by atoms with Crippen molar-refractivity contribution in [3.63, 3.8) is 0 Å². The van der Waals surface area contributed by atoms with Crippen molar-refractivity contribution in [2.45, 2.75) is 19.3 Å². The number of fused-ring (bicyclic) bond motifs is 11. The summed E-state index contributed by atoms with van der Waals surface area (Å²) in [5, 5.41) is 9.33. The van der Waals surface area contributed by atoms with Crippen LogP contribution in [0, 0.1) is 0 Å². The molecule has 0 saturated carbocycles. The van der Waals surface area contributed by atoms with Gasteiger partial charge in [-0.1, -0.05) is 153 Å². The molecule has 0 aliphatic heterocycles. The van der Waals surface area contributed by atoms with Gasteiger partial charge in [0.25, 0.3) is 0 Å². The van der Waals surface area contributed by atoms with Crippen molar-refractivity contribution in [3.8, 4) is 33.7 Å². The Bertz CT molecular complexity index is 3490. The molecule has 0 spiro atoms. The number of oxazole rings is 1. The predicted molar refractivity (Wildman–Crippen MR) is 247 cm³/mol. The predicted octanol–water partition coefficient (Wildman–Crippen LogP) is 15.6. The molecule has 59 heavy (non-hydrogen) atoms. The summed E-state index contributed by atoms with van der Waals surface area (Å²) in [6.45, 7) is 4.69. The molecule has 278 valence electrons. The lowest BCUT2D eigenvalue weighted by Gasteiger charge is -2.29. The monoisotopic (exact) mass is 754 g/mol. The Balaban J connectivity index is 1.11. The maximum Gasteiger partial charge on any atom is 0.227 e. The quantitative estimate of drug-likeness (QED) is 0.164. The number of rotatable bonds is 5. The standard InChI is InChI=1S/C56H38N2O/c1-56(2)48-20-9-8-18-44(48)47-34-43(28-30-49(47)56)58(42-17-10-16-40(33-42)41-25-22-35-12-6-7-15-39(35)32-41)51-21-11-19-46-45(51)29-26-36-23-24-37-27-31-50-54(53(37)52(36)46)59-55(57-50)38-13-4-3-5-14-38/h3-34H,1-2H3. The van der Waals surface area contributed by atoms with Crippen LogP contribution in [0.25, 0.3) is 87.9 Å². The zero-order valence-corrected chi connectivity index (χ0v) is 32.8. The van der Waals surface area contributed by atoms with Gasteiger partial charge in [-0.3, -0.25) is 0 Å². The minimum Gasteiger partial charge on any atom is -0.435 e. The van der Waals surface area contributed by atoms with E-state index in [0.29, 0.717) is 5.89 Å². The van der Waals surface area contributed by atoms with Crippen molar-refractivity contribution >= 4 is 71.3 Å². The summed E-state index contributed by atoms with van der Waals surface area (Å²) in [6.07, 6.45) is 0. The first-order valence-electron chi connectivity index (χ1n) is 20.4. The van der Waals surface area contributed by atoms with Gasteiger partial charge in [0.15, 0.2) is 5.58 Å². The van der Waals surface area contributed by atoms with Gasteiger partial charge in [-0.25, -0.2) is 4.98 Å². The Morgan fingerprint density at radius 1 is 0.441 bits per heavy atom. The second-order valence-electron chi connectivity index (χ2n) is 16.3. The number of nitrogens with zero attached hydrogens (tertiary/aromatic N) is 2. The molecule has 1 aromatic heterocycles. The molecule has 3 heteroatoms. The minimum atomic E-state index is -0.0862. The molecular formula is C56H38N2O. The van der Waals surface area contributed by atoms with E-state index in [-0.39, 0.29) is 5.41 Å². The average Bonchev–Trinajstić information content (AvgIpc) is 3.83. The maximum atomic E-state index is 6.69. The van der Waals surface area contributed by atoms with E-state index >= 15 is 0 Å². The Morgan fingerprint density at radius 2 is 1.12 bits per heavy atom. The Kier molecular flexibility index (Phi) is 7.27. The first kappa shape index (κ1) is 33.6. The van der Waals surface area contributed by atoms with Crippen molar-refractivity contribution in [1.82, 2.24) is 4.98 Å². The van der Waals surface area contributed by atoms with Crippen molar-refractivity contribution in [3.05, 3.63) is 205 Å². The summed E-state index contributed by atoms with van der Waals surface area (Å²) in [5.41, 5.74) is 13.5. The second kappa shape index (κ2) is 12.8. The summed E-state index contributed by atoms with van der Waals surface area (Å²) >= 11 is 0. The lowest BCUT2D eigenvalue weighted by molar-refractivity contribution is 0.623. The van der Waals surface area contributed by atoms with E-state index in [4.69, 9.17) is 9.40 Å². The van der Waals surface area contributed by atoms with Crippen LogP contribution >= 0.6 is 0 Å². The Morgan fingerprint density at radius 3 is 2.02 bits per heavy atom. The number of aromatic nitrogens is 1. The van der Waals surface area contributed by atoms with E-state index in [1.54, 1.807) is 0 Å². The first-order valence-corrected chi connectivity index (χ1v) is 20.4. The van der Waals surface area contributed by atoms with Crippen molar-refractivity contribution in [1.29, 1.82) is 0 Å². The van der Waals surface area contributed by atoms with Gasteiger partial charge in [-0.2, -0.15) is 0 Å². The van der Waals surface area contributed by atoms with Gasteiger partial charge in [-0.05, 0) is 115 Å². The van der Waals surface area contributed by atoms with Gasteiger partial charge in [-0.15, -0.1) is 0 Å². The highest BCUT2D eigenvalue weighted by atomic mass is 16.3. The van der Waals surface area contributed by atoms with Gasteiger partial charge in [0.05, 0.1) is 5.69 Å².